The third-order valence-electron chi connectivity index (χ3n) is 3.84. The minimum absolute atomic E-state index is 0.125. The standard InChI is InChI=1S/C16H23N3O/c1-3-19-16(7-8-18-19)15-6-4-5-14(12(15)2)9-13(10-17)11-20/h4-8,13,20H,3,9-11,17H2,1-2H3. The molecule has 0 aliphatic carbocycles. The van der Waals surface area contributed by atoms with Gasteiger partial charge in [0.15, 0.2) is 0 Å². The Morgan fingerprint density at radius 3 is 2.80 bits per heavy atom. The SMILES string of the molecule is CCn1nccc1-c1cccc(CC(CN)CO)c1C. The van der Waals surface area contributed by atoms with Crippen LogP contribution in [-0.4, -0.2) is 28.0 Å². The van der Waals surface area contributed by atoms with Gasteiger partial charge in [-0.25, -0.2) is 0 Å². The second-order valence-corrected chi connectivity index (χ2v) is 5.11. The van der Waals surface area contributed by atoms with Crippen molar-refractivity contribution in [1.82, 2.24) is 9.78 Å². The Bertz CT molecular complexity index is 559. The summed E-state index contributed by atoms with van der Waals surface area (Å²) in [5.41, 5.74) is 10.5. The second-order valence-electron chi connectivity index (χ2n) is 5.11. The summed E-state index contributed by atoms with van der Waals surface area (Å²) in [5, 5.41) is 13.7. The fourth-order valence-electron chi connectivity index (χ4n) is 2.53. The molecule has 0 radical (unpaired) electrons. The van der Waals surface area contributed by atoms with Crippen molar-refractivity contribution in [2.75, 3.05) is 13.2 Å². The van der Waals surface area contributed by atoms with Crippen LogP contribution in [0, 0.1) is 12.8 Å². The van der Waals surface area contributed by atoms with Crippen LogP contribution in [-0.2, 0) is 13.0 Å². The van der Waals surface area contributed by atoms with E-state index in [0.29, 0.717) is 6.54 Å². The molecule has 4 heteroatoms. The molecule has 0 fully saturated rings. The lowest BCUT2D eigenvalue weighted by atomic mass is 9.93. The molecule has 0 spiro atoms. The van der Waals surface area contributed by atoms with E-state index in [2.05, 4.69) is 37.1 Å². The summed E-state index contributed by atoms with van der Waals surface area (Å²) in [6.45, 7) is 5.71. The molecule has 0 bridgehead atoms. The largest absolute Gasteiger partial charge is 0.396 e. The first kappa shape index (κ1) is 14.8. The van der Waals surface area contributed by atoms with Gasteiger partial charge in [0.05, 0.1) is 5.69 Å². The molecule has 0 amide bonds. The molecular formula is C16H23N3O. The molecule has 1 aromatic heterocycles. The summed E-state index contributed by atoms with van der Waals surface area (Å²) in [4.78, 5) is 0. The van der Waals surface area contributed by atoms with E-state index in [4.69, 9.17) is 5.73 Å². The number of nitrogens with two attached hydrogens (primary N) is 1. The number of aliphatic hydroxyl groups is 1. The van der Waals surface area contributed by atoms with Crippen LogP contribution in [0.2, 0.25) is 0 Å². The third-order valence-corrected chi connectivity index (χ3v) is 3.84. The summed E-state index contributed by atoms with van der Waals surface area (Å²) in [6, 6.07) is 8.35. The highest BCUT2D eigenvalue weighted by atomic mass is 16.3. The van der Waals surface area contributed by atoms with Crippen molar-refractivity contribution in [2.45, 2.75) is 26.8 Å². The van der Waals surface area contributed by atoms with Crippen LogP contribution in [0.25, 0.3) is 11.3 Å². The predicted molar refractivity (Wildman–Crippen MR) is 81.4 cm³/mol. The molecule has 20 heavy (non-hydrogen) atoms. The Morgan fingerprint density at radius 2 is 2.15 bits per heavy atom. The first-order valence-corrected chi connectivity index (χ1v) is 7.12. The Balaban J connectivity index is 2.37. The molecule has 3 N–H and O–H groups in total. The Hall–Kier alpha value is -1.65. The van der Waals surface area contributed by atoms with Gasteiger partial charge in [0.25, 0.3) is 0 Å². The van der Waals surface area contributed by atoms with Gasteiger partial charge in [-0.3, -0.25) is 4.68 Å². The van der Waals surface area contributed by atoms with Crippen LogP contribution < -0.4 is 5.73 Å². The van der Waals surface area contributed by atoms with Gasteiger partial charge >= 0.3 is 0 Å². The highest BCUT2D eigenvalue weighted by molar-refractivity contribution is 5.65. The predicted octanol–water partition coefficient (Wildman–Crippen LogP) is 1.99. The van der Waals surface area contributed by atoms with E-state index >= 15 is 0 Å². The second kappa shape index (κ2) is 6.68. The minimum atomic E-state index is 0.125. The summed E-state index contributed by atoms with van der Waals surface area (Å²) in [7, 11) is 0. The number of aryl methyl sites for hydroxylation is 1. The molecule has 0 saturated heterocycles. The summed E-state index contributed by atoms with van der Waals surface area (Å²) in [5.74, 6) is 0.125. The van der Waals surface area contributed by atoms with Crippen LogP contribution in [0.1, 0.15) is 18.1 Å². The molecule has 0 aliphatic heterocycles. The zero-order valence-electron chi connectivity index (χ0n) is 12.2. The summed E-state index contributed by atoms with van der Waals surface area (Å²) < 4.78 is 2.00. The first-order valence-electron chi connectivity index (χ1n) is 7.12. The minimum Gasteiger partial charge on any atom is -0.396 e. The van der Waals surface area contributed by atoms with E-state index in [0.717, 1.165) is 18.7 Å². The fraction of sp³-hybridized carbons (Fsp3) is 0.438. The number of hydrogen-bond donors (Lipinski definition) is 2. The van der Waals surface area contributed by atoms with Crippen molar-refractivity contribution in [3.05, 3.63) is 41.6 Å². The van der Waals surface area contributed by atoms with Crippen molar-refractivity contribution in [1.29, 1.82) is 0 Å². The summed E-state index contributed by atoms with van der Waals surface area (Å²) >= 11 is 0. The lowest BCUT2D eigenvalue weighted by molar-refractivity contribution is 0.229. The monoisotopic (exact) mass is 273 g/mol. The molecule has 2 aromatic rings. The van der Waals surface area contributed by atoms with Crippen molar-refractivity contribution in [2.24, 2.45) is 11.7 Å². The van der Waals surface area contributed by atoms with Crippen molar-refractivity contribution >= 4 is 0 Å². The number of aromatic nitrogens is 2. The highest BCUT2D eigenvalue weighted by Crippen LogP contribution is 2.26. The number of aliphatic hydroxyl groups excluding tert-OH is 1. The number of nitrogens with zero attached hydrogens (tertiary/aromatic N) is 2. The van der Waals surface area contributed by atoms with Crippen LogP contribution in [0.15, 0.2) is 30.5 Å². The lowest BCUT2D eigenvalue weighted by Gasteiger charge is -2.16. The van der Waals surface area contributed by atoms with Gasteiger partial charge in [0.1, 0.15) is 0 Å². The van der Waals surface area contributed by atoms with E-state index in [1.807, 2.05) is 16.9 Å². The maximum Gasteiger partial charge on any atom is 0.0684 e. The lowest BCUT2D eigenvalue weighted by Crippen LogP contribution is -2.20. The van der Waals surface area contributed by atoms with Crippen LogP contribution in [0.4, 0.5) is 0 Å². The van der Waals surface area contributed by atoms with Crippen molar-refractivity contribution < 1.29 is 5.11 Å². The van der Waals surface area contributed by atoms with E-state index in [-0.39, 0.29) is 12.5 Å². The normalized spacial score (nSPS) is 12.6. The third kappa shape index (κ3) is 2.92. The Kier molecular flexibility index (Phi) is 4.93. The van der Waals surface area contributed by atoms with Gasteiger partial charge in [0, 0.05) is 24.9 Å². The first-order chi connectivity index (χ1) is 9.71. The smallest absolute Gasteiger partial charge is 0.0684 e. The number of hydrogen-bond acceptors (Lipinski definition) is 3. The summed E-state index contributed by atoms with van der Waals surface area (Å²) in [6.07, 6.45) is 2.65. The van der Waals surface area contributed by atoms with Crippen molar-refractivity contribution in [3.8, 4) is 11.3 Å². The molecule has 0 saturated carbocycles. The average Bonchev–Trinajstić information content (AvgIpc) is 2.94. The van der Waals surface area contributed by atoms with Crippen LogP contribution in [0.3, 0.4) is 0 Å². The molecular weight excluding hydrogens is 250 g/mol. The topological polar surface area (TPSA) is 64.1 Å². The quantitative estimate of drug-likeness (QED) is 0.846. The van der Waals surface area contributed by atoms with Gasteiger partial charge in [-0.1, -0.05) is 18.2 Å². The molecule has 1 atom stereocenters. The van der Waals surface area contributed by atoms with Gasteiger partial charge in [0.2, 0.25) is 0 Å². The molecule has 0 aliphatic rings. The van der Waals surface area contributed by atoms with Gasteiger partial charge < -0.3 is 10.8 Å². The van der Waals surface area contributed by atoms with Crippen molar-refractivity contribution in [3.63, 3.8) is 0 Å². The number of benzene rings is 1. The molecule has 1 unspecified atom stereocenters. The zero-order chi connectivity index (χ0) is 14.5. The Morgan fingerprint density at radius 1 is 1.35 bits per heavy atom. The maximum atomic E-state index is 9.32. The van der Waals surface area contributed by atoms with Gasteiger partial charge in [-0.15, -0.1) is 0 Å². The zero-order valence-corrected chi connectivity index (χ0v) is 12.2. The maximum absolute atomic E-state index is 9.32. The molecule has 1 aromatic carbocycles. The molecule has 4 nitrogen and oxygen atoms in total. The van der Waals surface area contributed by atoms with Gasteiger partial charge in [-0.05, 0) is 49.9 Å². The van der Waals surface area contributed by atoms with E-state index in [1.165, 1.54) is 16.7 Å². The average molecular weight is 273 g/mol. The number of rotatable bonds is 6. The van der Waals surface area contributed by atoms with Gasteiger partial charge in [-0.2, -0.15) is 5.10 Å². The van der Waals surface area contributed by atoms with Crippen LogP contribution >= 0.6 is 0 Å². The van der Waals surface area contributed by atoms with Crippen LogP contribution in [0.5, 0.6) is 0 Å². The molecule has 1 heterocycles. The van der Waals surface area contributed by atoms with E-state index < -0.39 is 0 Å². The molecule has 108 valence electrons. The molecule has 2 rings (SSSR count). The van der Waals surface area contributed by atoms with E-state index in [1.54, 1.807) is 0 Å². The Labute approximate surface area is 120 Å². The van der Waals surface area contributed by atoms with E-state index in [9.17, 15) is 5.11 Å². The fourth-order valence-corrected chi connectivity index (χ4v) is 2.53. The highest BCUT2D eigenvalue weighted by Gasteiger charge is 2.13.